The summed E-state index contributed by atoms with van der Waals surface area (Å²) in [5, 5.41) is 8.94. The van der Waals surface area contributed by atoms with Gasteiger partial charge in [0, 0.05) is 13.1 Å². The summed E-state index contributed by atoms with van der Waals surface area (Å²) < 4.78 is 13.3. The number of anilines is 1. The third-order valence-electron chi connectivity index (χ3n) is 2.65. The Bertz CT molecular complexity index is 386. The van der Waals surface area contributed by atoms with Crippen LogP contribution in [-0.4, -0.2) is 24.2 Å². The highest BCUT2D eigenvalue weighted by Crippen LogP contribution is 2.26. The Morgan fingerprint density at radius 2 is 2.00 bits per heavy atom. The molecule has 0 radical (unpaired) electrons. The van der Waals surface area contributed by atoms with Gasteiger partial charge in [0.2, 0.25) is 0 Å². The van der Waals surface area contributed by atoms with Crippen molar-refractivity contribution in [2.45, 2.75) is 12.8 Å². The van der Waals surface area contributed by atoms with Gasteiger partial charge in [-0.1, -0.05) is 6.07 Å². The number of carbonyl (C=O) groups is 1. The van der Waals surface area contributed by atoms with Gasteiger partial charge in [0.1, 0.15) is 11.4 Å². The van der Waals surface area contributed by atoms with E-state index in [0.29, 0.717) is 5.69 Å². The second kappa shape index (κ2) is 3.88. The molecule has 15 heavy (non-hydrogen) atoms. The van der Waals surface area contributed by atoms with E-state index in [0.717, 1.165) is 25.9 Å². The van der Waals surface area contributed by atoms with Crippen molar-refractivity contribution in [3.8, 4) is 0 Å². The van der Waals surface area contributed by atoms with Crippen LogP contribution >= 0.6 is 0 Å². The van der Waals surface area contributed by atoms with E-state index in [-0.39, 0.29) is 5.56 Å². The van der Waals surface area contributed by atoms with E-state index in [1.54, 1.807) is 12.1 Å². The molecule has 1 aliphatic rings. The Morgan fingerprint density at radius 1 is 1.33 bits per heavy atom. The first-order valence-electron chi connectivity index (χ1n) is 4.97. The molecule has 1 aromatic carbocycles. The van der Waals surface area contributed by atoms with Crippen molar-refractivity contribution >= 4 is 11.7 Å². The number of aromatic carboxylic acids is 1. The number of halogens is 1. The van der Waals surface area contributed by atoms with Crippen LogP contribution in [-0.2, 0) is 0 Å². The molecule has 1 saturated heterocycles. The number of rotatable bonds is 2. The van der Waals surface area contributed by atoms with E-state index in [4.69, 9.17) is 5.11 Å². The number of hydrogen-bond donors (Lipinski definition) is 1. The normalized spacial score (nSPS) is 15.7. The van der Waals surface area contributed by atoms with E-state index in [1.165, 1.54) is 6.07 Å². The fourth-order valence-corrected chi connectivity index (χ4v) is 1.95. The van der Waals surface area contributed by atoms with Crippen molar-refractivity contribution in [2.24, 2.45) is 0 Å². The Labute approximate surface area is 87.1 Å². The molecule has 0 spiro atoms. The van der Waals surface area contributed by atoms with Crippen LogP contribution in [0.1, 0.15) is 23.2 Å². The third-order valence-corrected chi connectivity index (χ3v) is 2.65. The lowest BCUT2D eigenvalue weighted by atomic mass is 10.1. The molecule has 0 saturated carbocycles. The average molecular weight is 209 g/mol. The topological polar surface area (TPSA) is 40.5 Å². The van der Waals surface area contributed by atoms with Gasteiger partial charge in [-0.25, -0.2) is 9.18 Å². The van der Waals surface area contributed by atoms with Crippen LogP contribution in [0.15, 0.2) is 18.2 Å². The number of nitrogens with zero attached hydrogens (tertiary/aromatic N) is 1. The molecule has 4 heteroatoms. The molecule has 0 aliphatic carbocycles. The average Bonchev–Trinajstić information content (AvgIpc) is 2.69. The summed E-state index contributed by atoms with van der Waals surface area (Å²) in [5.41, 5.74) is 0.291. The maximum Gasteiger partial charge on any atom is 0.340 e. The minimum Gasteiger partial charge on any atom is -0.478 e. The first-order chi connectivity index (χ1) is 7.20. The molecule has 0 unspecified atom stereocenters. The predicted molar refractivity (Wildman–Crippen MR) is 54.8 cm³/mol. The zero-order chi connectivity index (χ0) is 10.8. The molecule has 3 nitrogen and oxygen atoms in total. The Hall–Kier alpha value is -1.58. The predicted octanol–water partition coefficient (Wildman–Crippen LogP) is 2.12. The molecule has 0 atom stereocenters. The van der Waals surface area contributed by atoms with Crippen LogP contribution in [0.3, 0.4) is 0 Å². The van der Waals surface area contributed by atoms with E-state index in [9.17, 15) is 9.18 Å². The third kappa shape index (κ3) is 1.79. The maximum atomic E-state index is 13.3. The Balaban J connectivity index is 2.45. The molecule has 0 bridgehead atoms. The molecular weight excluding hydrogens is 197 g/mol. The molecule has 1 fully saturated rings. The smallest absolute Gasteiger partial charge is 0.340 e. The second-order valence-corrected chi connectivity index (χ2v) is 3.63. The van der Waals surface area contributed by atoms with Gasteiger partial charge in [-0.3, -0.25) is 0 Å². The van der Waals surface area contributed by atoms with Gasteiger partial charge in [-0.15, -0.1) is 0 Å². The number of carboxylic acids is 1. The van der Waals surface area contributed by atoms with Crippen molar-refractivity contribution in [2.75, 3.05) is 18.0 Å². The van der Waals surface area contributed by atoms with Crippen molar-refractivity contribution < 1.29 is 14.3 Å². The molecule has 1 heterocycles. The van der Waals surface area contributed by atoms with Crippen LogP contribution in [0.2, 0.25) is 0 Å². The second-order valence-electron chi connectivity index (χ2n) is 3.63. The molecular formula is C11H12FNO2. The lowest BCUT2D eigenvalue weighted by Crippen LogP contribution is -2.21. The van der Waals surface area contributed by atoms with Gasteiger partial charge in [0.05, 0.1) is 5.69 Å². The molecule has 1 aliphatic heterocycles. The fraction of sp³-hybridized carbons (Fsp3) is 0.364. The summed E-state index contributed by atoms with van der Waals surface area (Å²) in [7, 11) is 0. The highest BCUT2D eigenvalue weighted by molar-refractivity contribution is 5.94. The van der Waals surface area contributed by atoms with Crippen molar-refractivity contribution in [3.63, 3.8) is 0 Å². The van der Waals surface area contributed by atoms with E-state index < -0.39 is 11.8 Å². The van der Waals surface area contributed by atoms with Crippen LogP contribution in [0.25, 0.3) is 0 Å². The Morgan fingerprint density at radius 3 is 2.60 bits per heavy atom. The van der Waals surface area contributed by atoms with Crippen LogP contribution < -0.4 is 4.90 Å². The largest absolute Gasteiger partial charge is 0.478 e. The lowest BCUT2D eigenvalue weighted by molar-refractivity contribution is 0.0692. The zero-order valence-corrected chi connectivity index (χ0v) is 8.24. The summed E-state index contributed by atoms with van der Waals surface area (Å²) in [6, 6.07) is 4.40. The van der Waals surface area contributed by atoms with E-state index in [2.05, 4.69) is 0 Å². The van der Waals surface area contributed by atoms with Gasteiger partial charge in [-0.05, 0) is 25.0 Å². The standard InChI is InChI=1S/C11H12FNO2/c12-8-4-3-5-9(10(8)11(14)15)13-6-1-2-7-13/h3-5H,1-2,6-7H2,(H,14,15). The lowest BCUT2D eigenvalue weighted by Gasteiger charge is -2.19. The van der Waals surface area contributed by atoms with Gasteiger partial charge in [0.25, 0.3) is 0 Å². The quantitative estimate of drug-likeness (QED) is 0.811. The van der Waals surface area contributed by atoms with Gasteiger partial charge in [0.15, 0.2) is 0 Å². The number of carboxylic acid groups (broad SMARTS) is 1. The summed E-state index contributed by atoms with van der Waals surface area (Å²) in [6.07, 6.45) is 2.07. The summed E-state index contributed by atoms with van der Waals surface area (Å²) in [5.74, 6) is -1.86. The van der Waals surface area contributed by atoms with Crippen LogP contribution in [0.5, 0.6) is 0 Å². The van der Waals surface area contributed by atoms with Crippen molar-refractivity contribution in [1.29, 1.82) is 0 Å². The zero-order valence-electron chi connectivity index (χ0n) is 8.24. The van der Waals surface area contributed by atoms with Crippen molar-refractivity contribution in [1.82, 2.24) is 0 Å². The molecule has 1 aromatic rings. The minimum atomic E-state index is -1.20. The molecule has 2 rings (SSSR count). The SMILES string of the molecule is O=C(O)c1c(F)cccc1N1CCCC1. The summed E-state index contributed by atoms with van der Waals surface area (Å²) >= 11 is 0. The van der Waals surface area contributed by atoms with Gasteiger partial charge in [-0.2, -0.15) is 0 Å². The van der Waals surface area contributed by atoms with Crippen LogP contribution in [0, 0.1) is 5.82 Å². The van der Waals surface area contributed by atoms with E-state index in [1.807, 2.05) is 4.90 Å². The van der Waals surface area contributed by atoms with Gasteiger partial charge >= 0.3 is 5.97 Å². The summed E-state index contributed by atoms with van der Waals surface area (Å²) in [4.78, 5) is 12.9. The van der Waals surface area contributed by atoms with Gasteiger partial charge < -0.3 is 10.0 Å². The fourth-order valence-electron chi connectivity index (χ4n) is 1.95. The first kappa shape index (κ1) is 9.96. The molecule has 0 aromatic heterocycles. The Kier molecular flexibility index (Phi) is 2.58. The molecule has 1 N–H and O–H groups in total. The first-order valence-corrected chi connectivity index (χ1v) is 4.97. The highest BCUT2D eigenvalue weighted by atomic mass is 19.1. The molecule has 80 valence electrons. The number of benzene rings is 1. The molecule has 0 amide bonds. The number of hydrogen-bond acceptors (Lipinski definition) is 2. The monoisotopic (exact) mass is 209 g/mol. The maximum absolute atomic E-state index is 13.3. The highest BCUT2D eigenvalue weighted by Gasteiger charge is 2.21. The van der Waals surface area contributed by atoms with E-state index >= 15 is 0 Å². The minimum absolute atomic E-state index is 0.209. The summed E-state index contributed by atoms with van der Waals surface area (Å²) in [6.45, 7) is 1.62. The van der Waals surface area contributed by atoms with Crippen LogP contribution in [0.4, 0.5) is 10.1 Å². The van der Waals surface area contributed by atoms with Crippen molar-refractivity contribution in [3.05, 3.63) is 29.6 Å².